The van der Waals surface area contributed by atoms with Crippen LogP contribution < -0.4 is 10.6 Å². The van der Waals surface area contributed by atoms with Crippen molar-refractivity contribution in [3.8, 4) is 0 Å². The van der Waals surface area contributed by atoms with Crippen LogP contribution in [0, 0.1) is 0 Å². The van der Waals surface area contributed by atoms with Gasteiger partial charge in [0.25, 0.3) is 0 Å². The van der Waals surface area contributed by atoms with E-state index in [4.69, 9.17) is 9.15 Å². The van der Waals surface area contributed by atoms with Crippen LogP contribution in [0.2, 0.25) is 0 Å². The maximum Gasteiger partial charge on any atom is 0.191 e. The molecule has 26 heavy (non-hydrogen) atoms. The maximum atomic E-state index is 11.3. The third-order valence-corrected chi connectivity index (χ3v) is 4.45. The number of ether oxygens (including phenoxy) is 1. The zero-order chi connectivity index (χ0) is 18.5. The molecule has 0 aromatic carbocycles. The van der Waals surface area contributed by atoms with E-state index in [-0.39, 0.29) is 35.8 Å². The van der Waals surface area contributed by atoms with E-state index in [0.717, 1.165) is 18.6 Å². The van der Waals surface area contributed by atoms with E-state index in [1.54, 1.807) is 6.26 Å². The quantitative estimate of drug-likeness (QED) is 0.198. The highest BCUT2D eigenvalue weighted by atomic mass is 127. The van der Waals surface area contributed by atoms with E-state index < -0.39 is 9.84 Å². The average Bonchev–Trinajstić information content (AvgIpc) is 3.05. The van der Waals surface area contributed by atoms with Crippen molar-refractivity contribution in [1.82, 2.24) is 10.6 Å². The molecule has 0 saturated carbocycles. The molecule has 1 rings (SSSR count). The molecule has 0 aliphatic carbocycles. The van der Waals surface area contributed by atoms with Crippen molar-refractivity contribution in [3.05, 3.63) is 24.2 Å². The van der Waals surface area contributed by atoms with Gasteiger partial charge in [-0.05, 0) is 38.8 Å². The van der Waals surface area contributed by atoms with E-state index in [2.05, 4.69) is 15.6 Å². The summed E-state index contributed by atoms with van der Waals surface area (Å²) in [5.74, 6) is 1.75. The Morgan fingerprint density at radius 1 is 1.42 bits per heavy atom. The van der Waals surface area contributed by atoms with E-state index in [1.807, 2.05) is 26.0 Å². The number of sulfone groups is 1. The van der Waals surface area contributed by atoms with Crippen molar-refractivity contribution in [2.75, 3.05) is 38.3 Å². The van der Waals surface area contributed by atoms with E-state index >= 15 is 0 Å². The van der Waals surface area contributed by atoms with Gasteiger partial charge in [0.05, 0.1) is 12.0 Å². The summed E-state index contributed by atoms with van der Waals surface area (Å²) in [5.41, 5.74) is 0. The summed E-state index contributed by atoms with van der Waals surface area (Å²) in [6.07, 6.45) is 5.05. The predicted octanol–water partition coefficient (Wildman–Crippen LogP) is 2.23. The molecule has 1 unspecified atom stereocenters. The van der Waals surface area contributed by atoms with Gasteiger partial charge in [-0.3, -0.25) is 4.99 Å². The molecule has 1 aromatic heterocycles. The van der Waals surface area contributed by atoms with Gasteiger partial charge in [0.2, 0.25) is 0 Å². The van der Waals surface area contributed by atoms with Crippen molar-refractivity contribution >= 4 is 39.8 Å². The summed E-state index contributed by atoms with van der Waals surface area (Å²) in [5, 5.41) is 6.53. The Labute approximate surface area is 174 Å². The summed E-state index contributed by atoms with van der Waals surface area (Å²) < 4.78 is 33.2. The smallest absolute Gasteiger partial charge is 0.191 e. The Balaban J connectivity index is 0.00000625. The van der Waals surface area contributed by atoms with Crippen LogP contribution in [-0.4, -0.2) is 58.7 Å². The zero-order valence-corrected chi connectivity index (χ0v) is 19.0. The van der Waals surface area contributed by atoms with E-state index in [1.165, 1.54) is 6.26 Å². The van der Waals surface area contributed by atoms with Gasteiger partial charge < -0.3 is 19.8 Å². The Morgan fingerprint density at radius 2 is 2.19 bits per heavy atom. The van der Waals surface area contributed by atoms with Gasteiger partial charge in [-0.15, -0.1) is 24.0 Å². The molecule has 1 heterocycles. The molecule has 0 saturated heterocycles. The first-order chi connectivity index (χ1) is 11.9. The van der Waals surface area contributed by atoms with Crippen LogP contribution in [0.25, 0.3) is 0 Å². The highest BCUT2D eigenvalue weighted by molar-refractivity contribution is 14.0. The molecule has 0 bridgehead atoms. The first kappa shape index (κ1) is 25.2. The van der Waals surface area contributed by atoms with Gasteiger partial charge in [-0.25, -0.2) is 8.42 Å². The van der Waals surface area contributed by atoms with Crippen LogP contribution in [0.5, 0.6) is 0 Å². The topological polar surface area (TPSA) is 92.9 Å². The molecule has 0 aliphatic heterocycles. The molecule has 2 N–H and O–H groups in total. The summed E-state index contributed by atoms with van der Waals surface area (Å²) in [6.45, 7) is 6.64. The van der Waals surface area contributed by atoms with Crippen LogP contribution in [0.4, 0.5) is 0 Å². The lowest BCUT2D eigenvalue weighted by Crippen LogP contribution is -2.43. The second-order valence-electron chi connectivity index (χ2n) is 6.00. The van der Waals surface area contributed by atoms with Crippen molar-refractivity contribution in [3.63, 3.8) is 0 Å². The molecular weight excluding hydrogens is 469 g/mol. The van der Waals surface area contributed by atoms with Crippen molar-refractivity contribution in [2.45, 2.75) is 39.2 Å². The lowest BCUT2D eigenvalue weighted by atomic mass is 10.2. The number of nitrogens with one attached hydrogen (secondary N) is 2. The van der Waals surface area contributed by atoms with Crippen LogP contribution in [0.3, 0.4) is 0 Å². The Bertz CT molecular complexity index is 591. The monoisotopic (exact) mass is 501 g/mol. The van der Waals surface area contributed by atoms with Gasteiger partial charge in [0.15, 0.2) is 5.96 Å². The predicted molar refractivity (Wildman–Crippen MR) is 116 cm³/mol. The number of nitrogens with zero attached hydrogens (tertiary/aromatic N) is 1. The third-order valence-electron chi connectivity index (χ3n) is 3.47. The van der Waals surface area contributed by atoms with Crippen LogP contribution >= 0.6 is 24.0 Å². The van der Waals surface area contributed by atoms with Gasteiger partial charge in [0, 0.05) is 45.0 Å². The van der Waals surface area contributed by atoms with E-state index in [9.17, 15) is 8.42 Å². The molecule has 152 valence electrons. The zero-order valence-electron chi connectivity index (χ0n) is 15.9. The maximum absolute atomic E-state index is 11.3. The Hall–Kier alpha value is -0.810. The minimum absolute atomic E-state index is 0. The molecule has 1 atom stereocenters. The standard InChI is InChI=1S/C17H31N3O4S.HI/c1-4-23-12-6-10-18-17(19-11-8-16-7-5-13-24-16)20-15(2)9-14-25(3,21)22;/h5,7,13,15H,4,6,8-12,14H2,1-3H3,(H2,18,19,20);1H. The number of rotatable bonds is 12. The molecule has 0 fully saturated rings. The van der Waals surface area contributed by atoms with Crippen LogP contribution in [-0.2, 0) is 21.0 Å². The van der Waals surface area contributed by atoms with Crippen molar-refractivity contribution in [2.24, 2.45) is 4.99 Å². The number of aliphatic imine (C=N–C) groups is 1. The van der Waals surface area contributed by atoms with Gasteiger partial charge >= 0.3 is 0 Å². The fraction of sp³-hybridized carbons (Fsp3) is 0.706. The van der Waals surface area contributed by atoms with Crippen molar-refractivity contribution in [1.29, 1.82) is 0 Å². The minimum Gasteiger partial charge on any atom is -0.469 e. The second kappa shape index (κ2) is 14.3. The molecule has 0 radical (unpaired) electrons. The fourth-order valence-corrected chi connectivity index (χ4v) is 2.89. The first-order valence-electron chi connectivity index (χ1n) is 8.73. The summed E-state index contributed by atoms with van der Waals surface area (Å²) in [7, 11) is -2.96. The highest BCUT2D eigenvalue weighted by Gasteiger charge is 2.10. The second-order valence-corrected chi connectivity index (χ2v) is 8.26. The number of halogens is 1. The molecule has 0 aliphatic rings. The lowest BCUT2D eigenvalue weighted by molar-refractivity contribution is 0.146. The van der Waals surface area contributed by atoms with Gasteiger partial charge in [-0.1, -0.05) is 0 Å². The molecule has 1 aromatic rings. The van der Waals surface area contributed by atoms with Gasteiger partial charge in [0.1, 0.15) is 15.6 Å². The number of guanidine groups is 1. The first-order valence-corrected chi connectivity index (χ1v) is 10.8. The molecular formula is C17H32IN3O4S. The Kier molecular flexibility index (Phi) is 13.8. The van der Waals surface area contributed by atoms with Gasteiger partial charge in [-0.2, -0.15) is 0 Å². The lowest BCUT2D eigenvalue weighted by Gasteiger charge is -2.18. The normalized spacial score (nSPS) is 13.1. The van der Waals surface area contributed by atoms with Crippen LogP contribution in [0.1, 0.15) is 32.4 Å². The largest absolute Gasteiger partial charge is 0.469 e. The summed E-state index contributed by atoms with van der Waals surface area (Å²) in [6, 6.07) is 3.81. The third kappa shape index (κ3) is 13.4. The van der Waals surface area contributed by atoms with Crippen LogP contribution in [0.15, 0.2) is 27.8 Å². The highest BCUT2D eigenvalue weighted by Crippen LogP contribution is 2.00. The molecule has 7 nitrogen and oxygen atoms in total. The number of furan rings is 1. The summed E-state index contributed by atoms with van der Waals surface area (Å²) in [4.78, 5) is 4.53. The average molecular weight is 501 g/mol. The fourth-order valence-electron chi connectivity index (χ4n) is 2.11. The SMILES string of the molecule is CCOCCCN=C(NCCc1ccco1)NC(C)CCS(C)(=O)=O.I. The molecule has 0 spiro atoms. The molecule has 9 heteroatoms. The number of hydrogen-bond acceptors (Lipinski definition) is 5. The summed E-state index contributed by atoms with van der Waals surface area (Å²) >= 11 is 0. The molecule has 0 amide bonds. The number of hydrogen-bond donors (Lipinski definition) is 2. The van der Waals surface area contributed by atoms with E-state index in [0.29, 0.717) is 38.7 Å². The van der Waals surface area contributed by atoms with Crippen molar-refractivity contribution < 1.29 is 17.6 Å². The Morgan fingerprint density at radius 3 is 2.81 bits per heavy atom. The minimum atomic E-state index is -2.96.